The predicted octanol–water partition coefficient (Wildman–Crippen LogP) is 3.88. The Morgan fingerprint density at radius 3 is 2.80 bits per heavy atom. The standard InChI is InChI=1S/C21H22ClN3O3S2/c1-3-30(26,27)25-12-21(13-25)16-8-7-14(9-15(16)11-28-21)17-10-20(2,29-24-17)18-5-4-6-19(22)23-18/h4-9H,3,10-13H2,1-2H3. The highest BCUT2D eigenvalue weighted by Gasteiger charge is 2.53. The van der Waals surface area contributed by atoms with Crippen LogP contribution in [0.15, 0.2) is 40.8 Å². The van der Waals surface area contributed by atoms with E-state index in [2.05, 4.69) is 30.1 Å². The number of sulfonamides is 1. The molecule has 9 heteroatoms. The summed E-state index contributed by atoms with van der Waals surface area (Å²) in [6, 6.07) is 12.0. The third-order valence-corrected chi connectivity index (χ3v) is 9.23. The molecule has 3 aliphatic rings. The first-order valence-corrected chi connectivity index (χ1v) is 12.6. The van der Waals surface area contributed by atoms with Gasteiger partial charge in [-0.2, -0.15) is 4.31 Å². The molecule has 1 fully saturated rings. The van der Waals surface area contributed by atoms with Gasteiger partial charge >= 0.3 is 0 Å². The summed E-state index contributed by atoms with van der Waals surface area (Å²) in [5.74, 6) is 0.118. The van der Waals surface area contributed by atoms with E-state index in [0.717, 1.165) is 34.5 Å². The number of ether oxygens (including phenoxy) is 1. The maximum Gasteiger partial charge on any atom is 0.214 e. The van der Waals surface area contributed by atoms with Crippen LogP contribution in [0.4, 0.5) is 0 Å². The van der Waals surface area contributed by atoms with Crippen molar-refractivity contribution in [1.82, 2.24) is 9.29 Å². The first-order chi connectivity index (χ1) is 14.2. The molecule has 1 spiro atoms. The van der Waals surface area contributed by atoms with Crippen LogP contribution in [0.25, 0.3) is 0 Å². The number of aromatic nitrogens is 1. The van der Waals surface area contributed by atoms with Crippen molar-refractivity contribution in [2.45, 2.75) is 37.2 Å². The van der Waals surface area contributed by atoms with Crippen LogP contribution in [-0.2, 0) is 31.7 Å². The summed E-state index contributed by atoms with van der Waals surface area (Å²) in [6.07, 6.45) is 0.762. The van der Waals surface area contributed by atoms with Crippen LogP contribution in [0, 0.1) is 0 Å². The molecular formula is C21H22ClN3O3S2. The molecule has 0 saturated carbocycles. The molecule has 1 atom stereocenters. The zero-order valence-corrected chi connectivity index (χ0v) is 19.1. The molecule has 0 radical (unpaired) electrons. The summed E-state index contributed by atoms with van der Waals surface area (Å²) in [5, 5.41) is 0.488. The van der Waals surface area contributed by atoms with E-state index in [-0.39, 0.29) is 10.5 Å². The molecule has 5 rings (SSSR count). The molecule has 1 aromatic heterocycles. The Labute approximate surface area is 185 Å². The number of nitrogens with zero attached hydrogens (tertiary/aromatic N) is 3. The Balaban J connectivity index is 1.36. The molecule has 0 aliphatic carbocycles. The molecule has 1 saturated heterocycles. The van der Waals surface area contributed by atoms with Gasteiger partial charge < -0.3 is 4.74 Å². The molecule has 30 heavy (non-hydrogen) atoms. The highest BCUT2D eigenvalue weighted by Crippen LogP contribution is 2.48. The molecular weight excluding hydrogens is 442 g/mol. The number of halogens is 1. The molecule has 158 valence electrons. The molecule has 6 nitrogen and oxygen atoms in total. The average molecular weight is 464 g/mol. The quantitative estimate of drug-likeness (QED) is 0.508. The van der Waals surface area contributed by atoms with Crippen molar-refractivity contribution >= 4 is 39.3 Å². The van der Waals surface area contributed by atoms with E-state index in [0.29, 0.717) is 24.8 Å². The predicted molar refractivity (Wildman–Crippen MR) is 119 cm³/mol. The van der Waals surface area contributed by atoms with E-state index in [1.807, 2.05) is 12.1 Å². The first kappa shape index (κ1) is 20.5. The van der Waals surface area contributed by atoms with E-state index >= 15 is 0 Å². The second-order valence-corrected chi connectivity index (χ2v) is 12.1. The van der Waals surface area contributed by atoms with Gasteiger partial charge in [0.2, 0.25) is 10.0 Å². The van der Waals surface area contributed by atoms with E-state index < -0.39 is 15.6 Å². The Hall–Kier alpha value is -1.45. The minimum Gasteiger partial charge on any atom is -0.363 e. The van der Waals surface area contributed by atoms with Crippen molar-refractivity contribution in [1.29, 1.82) is 0 Å². The minimum absolute atomic E-state index is 0.118. The average Bonchev–Trinajstić information content (AvgIpc) is 3.28. The maximum absolute atomic E-state index is 12.1. The number of hydrogen-bond donors (Lipinski definition) is 0. The Morgan fingerprint density at radius 2 is 2.07 bits per heavy atom. The molecule has 0 amide bonds. The Kier molecular flexibility index (Phi) is 4.79. The number of hydrogen-bond acceptors (Lipinski definition) is 6. The Bertz CT molecular complexity index is 1160. The van der Waals surface area contributed by atoms with E-state index in [9.17, 15) is 8.42 Å². The molecule has 3 aliphatic heterocycles. The van der Waals surface area contributed by atoms with Gasteiger partial charge in [-0.15, -0.1) is 0 Å². The van der Waals surface area contributed by atoms with Crippen molar-refractivity contribution < 1.29 is 13.2 Å². The fourth-order valence-electron chi connectivity index (χ4n) is 4.33. The highest BCUT2D eigenvalue weighted by atomic mass is 35.5. The van der Waals surface area contributed by atoms with Crippen LogP contribution in [0.2, 0.25) is 5.15 Å². The zero-order chi connectivity index (χ0) is 21.1. The molecule has 1 aromatic carbocycles. The van der Waals surface area contributed by atoms with Crippen molar-refractivity contribution in [2.24, 2.45) is 4.40 Å². The van der Waals surface area contributed by atoms with Gasteiger partial charge in [-0.1, -0.05) is 29.8 Å². The lowest BCUT2D eigenvalue weighted by molar-refractivity contribution is -0.112. The molecule has 0 N–H and O–H groups in total. The van der Waals surface area contributed by atoms with Gasteiger partial charge in [-0.05, 0) is 60.7 Å². The van der Waals surface area contributed by atoms with Crippen molar-refractivity contribution in [2.75, 3.05) is 18.8 Å². The van der Waals surface area contributed by atoms with E-state index in [1.54, 1.807) is 13.0 Å². The highest BCUT2D eigenvalue weighted by molar-refractivity contribution is 7.99. The van der Waals surface area contributed by atoms with Crippen LogP contribution >= 0.6 is 23.5 Å². The van der Waals surface area contributed by atoms with Crippen LogP contribution in [-0.4, -0.2) is 42.3 Å². The minimum atomic E-state index is -3.17. The SMILES string of the molecule is CCS(=O)(=O)N1CC2(C1)OCc1cc(C3=NSC(C)(c4cccc(Cl)n4)C3)ccc12. The lowest BCUT2D eigenvalue weighted by atomic mass is 9.85. The van der Waals surface area contributed by atoms with Gasteiger partial charge in [0.25, 0.3) is 0 Å². The van der Waals surface area contributed by atoms with Gasteiger partial charge in [0.05, 0.1) is 28.5 Å². The van der Waals surface area contributed by atoms with Crippen molar-refractivity contribution in [3.05, 3.63) is 63.9 Å². The molecule has 2 aromatic rings. The molecule has 1 unspecified atom stereocenters. The Morgan fingerprint density at radius 1 is 1.27 bits per heavy atom. The van der Waals surface area contributed by atoms with Crippen molar-refractivity contribution in [3.8, 4) is 0 Å². The van der Waals surface area contributed by atoms with Gasteiger partial charge in [0.15, 0.2) is 0 Å². The maximum atomic E-state index is 12.1. The smallest absolute Gasteiger partial charge is 0.214 e. The summed E-state index contributed by atoms with van der Waals surface area (Å²) in [4.78, 5) is 4.48. The zero-order valence-electron chi connectivity index (χ0n) is 16.8. The summed E-state index contributed by atoms with van der Waals surface area (Å²) < 4.78 is 36.3. The van der Waals surface area contributed by atoms with Gasteiger partial charge in [0.1, 0.15) is 10.8 Å². The van der Waals surface area contributed by atoms with Crippen molar-refractivity contribution in [3.63, 3.8) is 0 Å². The second-order valence-electron chi connectivity index (χ2n) is 8.21. The van der Waals surface area contributed by atoms with Gasteiger partial charge in [-0.3, -0.25) is 0 Å². The summed E-state index contributed by atoms with van der Waals surface area (Å²) in [7, 11) is -3.17. The fourth-order valence-corrected chi connectivity index (χ4v) is 6.56. The lowest BCUT2D eigenvalue weighted by Gasteiger charge is -2.46. The number of benzene rings is 1. The monoisotopic (exact) mass is 463 g/mol. The van der Waals surface area contributed by atoms with Crippen LogP contribution in [0.3, 0.4) is 0 Å². The van der Waals surface area contributed by atoms with E-state index in [1.165, 1.54) is 16.3 Å². The lowest BCUT2D eigenvalue weighted by Crippen LogP contribution is -2.61. The number of fused-ring (bicyclic) bond motifs is 2. The van der Waals surface area contributed by atoms with Crippen LogP contribution in [0.1, 0.15) is 42.7 Å². The third-order valence-electron chi connectivity index (χ3n) is 6.17. The summed E-state index contributed by atoms with van der Waals surface area (Å²) in [6.45, 7) is 5.09. The second kappa shape index (κ2) is 7.03. The van der Waals surface area contributed by atoms with Gasteiger partial charge in [0, 0.05) is 19.5 Å². The third kappa shape index (κ3) is 3.20. The topological polar surface area (TPSA) is 71.9 Å². The van der Waals surface area contributed by atoms with Crippen LogP contribution in [0.5, 0.6) is 0 Å². The summed E-state index contributed by atoms with van der Waals surface area (Å²) >= 11 is 7.61. The molecule has 0 bridgehead atoms. The van der Waals surface area contributed by atoms with Gasteiger partial charge in [-0.25, -0.2) is 17.8 Å². The summed E-state index contributed by atoms with van der Waals surface area (Å²) in [5.41, 5.74) is 4.74. The van der Waals surface area contributed by atoms with E-state index in [4.69, 9.17) is 20.7 Å². The number of pyridine rings is 1. The molecule has 4 heterocycles. The fraction of sp³-hybridized carbons (Fsp3) is 0.429. The largest absolute Gasteiger partial charge is 0.363 e. The number of rotatable bonds is 4. The normalized spacial score (nSPS) is 25.2. The first-order valence-electron chi connectivity index (χ1n) is 9.88. The van der Waals surface area contributed by atoms with Crippen LogP contribution < -0.4 is 0 Å².